The highest BCUT2D eigenvalue weighted by atomic mass is 32.1. The van der Waals surface area contributed by atoms with Crippen molar-refractivity contribution < 1.29 is 9.53 Å². The second kappa shape index (κ2) is 6.84. The smallest absolute Gasteiger partial charge is 0.243 e. The second-order valence-electron chi connectivity index (χ2n) is 4.88. The molecule has 7 heteroatoms. The molecular weight excluding hydrogens is 288 g/mol. The van der Waals surface area contributed by atoms with Gasteiger partial charge in [0.15, 0.2) is 5.13 Å². The Hall–Kier alpha value is -1.70. The average Bonchev–Trinajstić information content (AvgIpc) is 2.84. The third kappa shape index (κ3) is 3.90. The Kier molecular flexibility index (Phi) is 5.11. The fraction of sp³-hybridized carbons (Fsp3) is 0.429. The van der Waals surface area contributed by atoms with E-state index in [2.05, 4.69) is 10.3 Å². The zero-order chi connectivity index (χ0) is 15.4. The van der Waals surface area contributed by atoms with Crippen molar-refractivity contribution in [1.29, 1.82) is 0 Å². The van der Waals surface area contributed by atoms with E-state index in [1.54, 1.807) is 13.2 Å². The lowest BCUT2D eigenvalue weighted by Gasteiger charge is -2.22. The van der Waals surface area contributed by atoms with Gasteiger partial charge in [0.25, 0.3) is 0 Å². The van der Waals surface area contributed by atoms with E-state index in [9.17, 15) is 4.79 Å². The molecular formula is C14H20N4O2S. The van der Waals surface area contributed by atoms with E-state index in [1.807, 2.05) is 31.0 Å². The molecule has 0 saturated carbocycles. The SMILES string of the molecule is COCCN(C)C(C)C(=O)Nc1nc2ccc(N)cc2s1. The Bertz CT molecular complexity index is 628. The lowest BCUT2D eigenvalue weighted by Crippen LogP contribution is -2.41. The number of rotatable bonds is 6. The molecule has 3 N–H and O–H groups in total. The molecule has 114 valence electrons. The van der Waals surface area contributed by atoms with Gasteiger partial charge in [0.1, 0.15) is 0 Å². The van der Waals surface area contributed by atoms with E-state index in [-0.39, 0.29) is 11.9 Å². The van der Waals surface area contributed by atoms with Crippen LogP contribution in [-0.2, 0) is 9.53 Å². The number of nitrogen functional groups attached to an aromatic ring is 1. The first-order valence-corrected chi connectivity index (χ1v) is 7.49. The molecule has 2 aromatic rings. The topological polar surface area (TPSA) is 80.5 Å². The van der Waals surface area contributed by atoms with Crippen molar-refractivity contribution >= 4 is 38.3 Å². The van der Waals surface area contributed by atoms with Gasteiger partial charge in [0.2, 0.25) is 5.91 Å². The standard InChI is InChI=1S/C14H20N4O2S/c1-9(18(2)6-7-20-3)13(19)17-14-16-11-5-4-10(15)8-12(11)21-14/h4-5,8-9H,6-7,15H2,1-3H3,(H,16,17,19). The Morgan fingerprint density at radius 1 is 1.57 bits per heavy atom. The van der Waals surface area contributed by atoms with Crippen LogP contribution in [0.25, 0.3) is 10.2 Å². The van der Waals surface area contributed by atoms with Gasteiger partial charge in [-0.05, 0) is 32.2 Å². The average molecular weight is 308 g/mol. The van der Waals surface area contributed by atoms with Gasteiger partial charge in [-0.25, -0.2) is 4.98 Å². The summed E-state index contributed by atoms with van der Waals surface area (Å²) in [6, 6.07) is 5.26. The Morgan fingerprint density at radius 3 is 3.05 bits per heavy atom. The first-order valence-electron chi connectivity index (χ1n) is 6.67. The number of anilines is 2. The first kappa shape index (κ1) is 15.7. The predicted octanol–water partition coefficient (Wildman–Crippen LogP) is 1.78. The van der Waals surface area contributed by atoms with E-state index in [0.29, 0.717) is 24.0 Å². The number of nitrogens with zero attached hydrogens (tertiary/aromatic N) is 2. The zero-order valence-electron chi connectivity index (χ0n) is 12.4. The zero-order valence-corrected chi connectivity index (χ0v) is 13.2. The van der Waals surface area contributed by atoms with E-state index >= 15 is 0 Å². The molecule has 0 spiro atoms. The molecule has 0 saturated heterocycles. The number of carbonyl (C=O) groups is 1. The Labute approximate surface area is 127 Å². The van der Waals surface area contributed by atoms with Crippen LogP contribution >= 0.6 is 11.3 Å². The maximum absolute atomic E-state index is 12.2. The molecule has 1 atom stereocenters. The van der Waals surface area contributed by atoms with Gasteiger partial charge in [0.05, 0.1) is 22.9 Å². The number of aromatic nitrogens is 1. The molecule has 0 aliphatic rings. The van der Waals surface area contributed by atoms with E-state index < -0.39 is 0 Å². The Balaban J connectivity index is 2.03. The molecule has 21 heavy (non-hydrogen) atoms. The minimum Gasteiger partial charge on any atom is -0.399 e. The highest BCUT2D eigenvalue weighted by molar-refractivity contribution is 7.22. The number of fused-ring (bicyclic) bond motifs is 1. The summed E-state index contributed by atoms with van der Waals surface area (Å²) in [5.74, 6) is -0.0827. The quantitative estimate of drug-likeness (QED) is 0.795. The number of carbonyl (C=O) groups excluding carboxylic acids is 1. The molecule has 1 amide bonds. The van der Waals surface area contributed by atoms with Crippen LogP contribution in [0.5, 0.6) is 0 Å². The number of benzene rings is 1. The number of methoxy groups -OCH3 is 1. The fourth-order valence-corrected chi connectivity index (χ4v) is 2.75. The van der Waals surface area contributed by atoms with Crippen molar-refractivity contribution in [3.05, 3.63) is 18.2 Å². The summed E-state index contributed by atoms with van der Waals surface area (Å²) in [5, 5.41) is 3.44. The van der Waals surface area contributed by atoms with Crippen LogP contribution in [0.2, 0.25) is 0 Å². The molecule has 0 radical (unpaired) electrons. The molecule has 1 heterocycles. The molecule has 0 bridgehead atoms. The summed E-state index contributed by atoms with van der Waals surface area (Å²) in [7, 11) is 3.54. The number of thiazole rings is 1. The van der Waals surface area contributed by atoms with Crippen molar-refractivity contribution in [2.24, 2.45) is 0 Å². The number of ether oxygens (including phenoxy) is 1. The fourth-order valence-electron chi connectivity index (χ4n) is 1.83. The van der Waals surface area contributed by atoms with Gasteiger partial charge in [-0.1, -0.05) is 11.3 Å². The van der Waals surface area contributed by atoms with Crippen molar-refractivity contribution in [3.63, 3.8) is 0 Å². The van der Waals surface area contributed by atoms with Crippen LogP contribution in [-0.4, -0.2) is 49.1 Å². The largest absolute Gasteiger partial charge is 0.399 e. The van der Waals surface area contributed by atoms with Gasteiger partial charge in [0, 0.05) is 19.3 Å². The molecule has 1 aromatic carbocycles. The van der Waals surface area contributed by atoms with Gasteiger partial charge < -0.3 is 15.8 Å². The summed E-state index contributed by atoms with van der Waals surface area (Å²) in [4.78, 5) is 18.5. The minimum absolute atomic E-state index is 0.0827. The highest BCUT2D eigenvalue weighted by Crippen LogP contribution is 2.27. The number of hydrogen-bond donors (Lipinski definition) is 2. The molecule has 1 unspecified atom stereocenters. The van der Waals surface area contributed by atoms with Crippen LogP contribution in [0.1, 0.15) is 6.92 Å². The summed E-state index contributed by atoms with van der Waals surface area (Å²) in [6.07, 6.45) is 0. The number of likely N-dealkylation sites (N-methyl/N-ethyl adjacent to an activating group) is 1. The number of nitrogens with two attached hydrogens (primary N) is 1. The second-order valence-corrected chi connectivity index (χ2v) is 5.92. The van der Waals surface area contributed by atoms with Crippen LogP contribution in [0, 0.1) is 0 Å². The number of amides is 1. The van der Waals surface area contributed by atoms with Crippen LogP contribution < -0.4 is 11.1 Å². The van der Waals surface area contributed by atoms with Crippen molar-refractivity contribution in [1.82, 2.24) is 9.88 Å². The highest BCUT2D eigenvalue weighted by Gasteiger charge is 2.19. The normalized spacial score (nSPS) is 12.8. The summed E-state index contributed by atoms with van der Waals surface area (Å²) >= 11 is 1.42. The van der Waals surface area contributed by atoms with E-state index in [0.717, 1.165) is 10.2 Å². The maximum Gasteiger partial charge on any atom is 0.243 e. The molecule has 0 aliphatic carbocycles. The van der Waals surface area contributed by atoms with E-state index in [4.69, 9.17) is 10.5 Å². The van der Waals surface area contributed by atoms with Crippen LogP contribution in [0.3, 0.4) is 0 Å². The lowest BCUT2D eigenvalue weighted by atomic mass is 10.3. The minimum atomic E-state index is -0.253. The third-order valence-electron chi connectivity index (χ3n) is 3.33. The first-order chi connectivity index (χ1) is 10.0. The van der Waals surface area contributed by atoms with E-state index in [1.165, 1.54) is 11.3 Å². The molecule has 0 fully saturated rings. The van der Waals surface area contributed by atoms with Crippen LogP contribution in [0.4, 0.5) is 10.8 Å². The summed E-state index contributed by atoms with van der Waals surface area (Å²) in [6.45, 7) is 3.15. The predicted molar refractivity (Wildman–Crippen MR) is 86.6 cm³/mol. The Morgan fingerprint density at radius 2 is 2.33 bits per heavy atom. The number of hydrogen-bond acceptors (Lipinski definition) is 6. The lowest BCUT2D eigenvalue weighted by molar-refractivity contribution is -0.120. The summed E-state index contributed by atoms with van der Waals surface area (Å²) < 4.78 is 5.98. The molecule has 0 aliphatic heterocycles. The van der Waals surface area contributed by atoms with Gasteiger partial charge in [-0.2, -0.15) is 0 Å². The van der Waals surface area contributed by atoms with Crippen LogP contribution in [0.15, 0.2) is 18.2 Å². The number of nitrogens with one attached hydrogen (secondary N) is 1. The third-order valence-corrected chi connectivity index (χ3v) is 4.26. The van der Waals surface area contributed by atoms with Gasteiger partial charge in [-0.15, -0.1) is 0 Å². The van der Waals surface area contributed by atoms with Gasteiger partial charge in [-0.3, -0.25) is 9.69 Å². The molecule has 6 nitrogen and oxygen atoms in total. The summed E-state index contributed by atoms with van der Waals surface area (Å²) in [5.41, 5.74) is 7.27. The van der Waals surface area contributed by atoms with Gasteiger partial charge >= 0.3 is 0 Å². The van der Waals surface area contributed by atoms with Crippen molar-refractivity contribution in [2.45, 2.75) is 13.0 Å². The maximum atomic E-state index is 12.2. The van der Waals surface area contributed by atoms with Crippen molar-refractivity contribution in [2.75, 3.05) is 38.4 Å². The monoisotopic (exact) mass is 308 g/mol. The molecule has 2 rings (SSSR count). The van der Waals surface area contributed by atoms with Crippen molar-refractivity contribution in [3.8, 4) is 0 Å². The molecule has 1 aromatic heterocycles.